The fourth-order valence-corrected chi connectivity index (χ4v) is 3.20. The number of thiazole rings is 1. The predicted molar refractivity (Wildman–Crippen MR) is 63.2 cm³/mol. The first-order valence-electron chi connectivity index (χ1n) is 6.28. The highest BCUT2D eigenvalue weighted by atomic mass is 32.1. The van der Waals surface area contributed by atoms with Gasteiger partial charge in [-0.25, -0.2) is 4.98 Å². The second-order valence-corrected chi connectivity index (χ2v) is 6.14. The highest BCUT2D eigenvalue weighted by Crippen LogP contribution is 2.44. The van der Waals surface area contributed by atoms with Crippen molar-refractivity contribution in [3.8, 4) is 0 Å². The van der Waals surface area contributed by atoms with Crippen molar-refractivity contribution in [3.05, 3.63) is 16.1 Å². The number of rotatable bonds is 5. The van der Waals surface area contributed by atoms with Crippen molar-refractivity contribution < 1.29 is 13.2 Å². The van der Waals surface area contributed by atoms with E-state index in [1.165, 1.54) is 31.2 Å². The summed E-state index contributed by atoms with van der Waals surface area (Å²) in [6, 6.07) is 0.424. The predicted octanol–water partition coefficient (Wildman–Crippen LogP) is 3.44. The standard InChI is InChI=1S/C12H15F3N2S/c13-12(14,15)11-9(18-6-17-11)5-16-10(7-1-2-7)8-3-4-8/h6-8,10,16H,1-5H2. The lowest BCUT2D eigenvalue weighted by Crippen LogP contribution is -2.32. The molecule has 0 unspecified atom stereocenters. The van der Waals surface area contributed by atoms with E-state index in [1.54, 1.807) is 0 Å². The molecule has 2 aliphatic rings. The Morgan fingerprint density at radius 1 is 1.28 bits per heavy atom. The van der Waals surface area contributed by atoms with Gasteiger partial charge in [0.15, 0.2) is 5.69 Å². The summed E-state index contributed by atoms with van der Waals surface area (Å²) in [5.74, 6) is 1.39. The van der Waals surface area contributed by atoms with E-state index in [9.17, 15) is 13.2 Å². The van der Waals surface area contributed by atoms with Crippen molar-refractivity contribution in [1.82, 2.24) is 10.3 Å². The lowest BCUT2D eigenvalue weighted by Gasteiger charge is -2.17. The number of nitrogens with zero attached hydrogens (tertiary/aromatic N) is 1. The number of hydrogen-bond acceptors (Lipinski definition) is 3. The van der Waals surface area contributed by atoms with Gasteiger partial charge in [0.1, 0.15) is 0 Å². The zero-order chi connectivity index (χ0) is 12.8. The quantitative estimate of drug-likeness (QED) is 0.891. The molecule has 0 aromatic carbocycles. The first-order valence-corrected chi connectivity index (χ1v) is 7.16. The average molecular weight is 276 g/mol. The van der Waals surface area contributed by atoms with Gasteiger partial charge in [-0.05, 0) is 37.5 Å². The maximum absolute atomic E-state index is 12.7. The van der Waals surface area contributed by atoms with Crippen molar-refractivity contribution >= 4 is 11.3 Å². The van der Waals surface area contributed by atoms with Gasteiger partial charge in [0.25, 0.3) is 0 Å². The first kappa shape index (κ1) is 12.4. The van der Waals surface area contributed by atoms with Crippen molar-refractivity contribution in [2.24, 2.45) is 11.8 Å². The molecule has 0 bridgehead atoms. The van der Waals surface area contributed by atoms with Crippen LogP contribution in [0.2, 0.25) is 0 Å². The minimum absolute atomic E-state index is 0.303. The molecule has 1 aromatic heterocycles. The Hall–Kier alpha value is -0.620. The van der Waals surface area contributed by atoms with Crippen LogP contribution in [0.5, 0.6) is 0 Å². The minimum atomic E-state index is -4.33. The van der Waals surface area contributed by atoms with Crippen molar-refractivity contribution in [2.75, 3.05) is 0 Å². The lowest BCUT2D eigenvalue weighted by atomic mass is 10.1. The molecule has 2 nitrogen and oxygen atoms in total. The number of halogens is 3. The number of hydrogen-bond donors (Lipinski definition) is 1. The molecule has 3 rings (SSSR count). The molecule has 0 atom stereocenters. The fraction of sp³-hybridized carbons (Fsp3) is 0.750. The van der Waals surface area contributed by atoms with E-state index in [0.29, 0.717) is 29.3 Å². The van der Waals surface area contributed by atoms with Crippen LogP contribution in [0.3, 0.4) is 0 Å². The number of aromatic nitrogens is 1. The molecule has 1 N–H and O–H groups in total. The third kappa shape index (κ3) is 2.69. The van der Waals surface area contributed by atoms with Crippen LogP contribution < -0.4 is 5.32 Å². The van der Waals surface area contributed by atoms with Crippen molar-refractivity contribution in [2.45, 2.75) is 44.4 Å². The van der Waals surface area contributed by atoms with Gasteiger partial charge in [-0.1, -0.05) is 0 Å². The normalized spacial score (nSPS) is 20.7. The van der Waals surface area contributed by atoms with Gasteiger partial charge in [0, 0.05) is 12.6 Å². The molecule has 0 radical (unpaired) electrons. The molecule has 0 spiro atoms. The third-order valence-electron chi connectivity index (χ3n) is 3.67. The lowest BCUT2D eigenvalue weighted by molar-refractivity contribution is -0.141. The average Bonchev–Trinajstić information content (AvgIpc) is 3.18. The van der Waals surface area contributed by atoms with E-state index in [-0.39, 0.29) is 0 Å². The van der Waals surface area contributed by atoms with Crippen molar-refractivity contribution in [1.29, 1.82) is 0 Å². The Morgan fingerprint density at radius 2 is 1.89 bits per heavy atom. The highest BCUT2D eigenvalue weighted by molar-refractivity contribution is 7.09. The van der Waals surface area contributed by atoms with Crippen LogP contribution in [0.15, 0.2) is 5.51 Å². The Bertz CT molecular complexity index is 409. The van der Waals surface area contributed by atoms with Crippen LogP contribution in [-0.2, 0) is 12.7 Å². The SMILES string of the molecule is FC(F)(F)c1ncsc1CNC(C1CC1)C1CC1. The van der Waals surface area contributed by atoms with Gasteiger partial charge in [-0.3, -0.25) is 0 Å². The van der Waals surface area contributed by atoms with Crippen LogP contribution in [0.25, 0.3) is 0 Å². The molecule has 0 saturated heterocycles. The summed E-state index contributed by atoms with van der Waals surface area (Å²) in [4.78, 5) is 3.75. The van der Waals surface area contributed by atoms with Gasteiger partial charge in [0.05, 0.1) is 10.4 Å². The van der Waals surface area contributed by atoms with Crippen LogP contribution in [-0.4, -0.2) is 11.0 Å². The van der Waals surface area contributed by atoms with E-state index in [2.05, 4.69) is 10.3 Å². The second-order valence-electron chi connectivity index (χ2n) is 5.20. The second kappa shape index (κ2) is 4.49. The Labute approximate surface area is 108 Å². The molecule has 1 heterocycles. The maximum atomic E-state index is 12.7. The summed E-state index contributed by atoms with van der Waals surface area (Å²) in [7, 11) is 0. The van der Waals surface area contributed by atoms with Crippen LogP contribution in [0.4, 0.5) is 13.2 Å². The summed E-state index contributed by atoms with van der Waals surface area (Å²) in [6.45, 7) is 0.303. The van der Waals surface area contributed by atoms with Crippen molar-refractivity contribution in [3.63, 3.8) is 0 Å². The van der Waals surface area contributed by atoms with Gasteiger partial charge in [0.2, 0.25) is 0 Å². The topological polar surface area (TPSA) is 24.9 Å². The van der Waals surface area contributed by atoms with Gasteiger partial charge >= 0.3 is 6.18 Å². The highest BCUT2D eigenvalue weighted by Gasteiger charge is 2.42. The van der Waals surface area contributed by atoms with E-state index in [1.807, 2.05) is 0 Å². The molecule has 100 valence electrons. The largest absolute Gasteiger partial charge is 0.434 e. The fourth-order valence-electron chi connectivity index (χ4n) is 2.47. The van der Waals surface area contributed by atoms with Gasteiger partial charge in [-0.2, -0.15) is 13.2 Å². The summed E-state index contributed by atoms with van der Waals surface area (Å²) < 4.78 is 38.0. The van der Waals surface area contributed by atoms with Gasteiger partial charge < -0.3 is 5.32 Å². The monoisotopic (exact) mass is 276 g/mol. The zero-order valence-corrected chi connectivity index (χ0v) is 10.7. The Kier molecular flexibility index (Phi) is 3.10. The molecule has 2 fully saturated rings. The smallest absolute Gasteiger partial charge is 0.308 e. The summed E-state index contributed by atoms with van der Waals surface area (Å²) in [5.41, 5.74) is 0.564. The molecule has 6 heteroatoms. The van der Waals surface area contributed by atoms with Crippen LogP contribution in [0, 0.1) is 11.8 Å². The van der Waals surface area contributed by atoms with E-state index >= 15 is 0 Å². The molecule has 0 amide bonds. The molecule has 0 aliphatic heterocycles. The number of alkyl halides is 3. The van der Waals surface area contributed by atoms with Crippen LogP contribution in [0.1, 0.15) is 36.3 Å². The molecule has 1 aromatic rings. The van der Waals surface area contributed by atoms with E-state index in [0.717, 1.165) is 11.3 Å². The molecule has 2 saturated carbocycles. The number of nitrogens with one attached hydrogen (secondary N) is 1. The van der Waals surface area contributed by atoms with Gasteiger partial charge in [-0.15, -0.1) is 11.3 Å². The third-order valence-corrected chi connectivity index (χ3v) is 4.50. The summed E-state index contributed by atoms with van der Waals surface area (Å²) in [6.07, 6.45) is 0.573. The summed E-state index contributed by atoms with van der Waals surface area (Å²) >= 11 is 1.09. The minimum Gasteiger partial charge on any atom is -0.308 e. The molecule has 2 aliphatic carbocycles. The molecular weight excluding hydrogens is 261 g/mol. The van der Waals surface area contributed by atoms with E-state index < -0.39 is 11.9 Å². The zero-order valence-electron chi connectivity index (χ0n) is 9.83. The molecule has 18 heavy (non-hydrogen) atoms. The Morgan fingerprint density at radius 3 is 2.39 bits per heavy atom. The van der Waals surface area contributed by atoms with E-state index in [4.69, 9.17) is 0 Å². The summed E-state index contributed by atoms with van der Waals surface area (Å²) in [5, 5.41) is 3.33. The van der Waals surface area contributed by atoms with Crippen LogP contribution >= 0.6 is 11.3 Å². The first-order chi connectivity index (χ1) is 8.55. The maximum Gasteiger partial charge on any atom is 0.434 e. The Balaban J connectivity index is 1.64. The molecular formula is C12H15F3N2S.